The third-order valence-electron chi connectivity index (χ3n) is 5.79. The first kappa shape index (κ1) is 21.2. The highest BCUT2D eigenvalue weighted by Gasteiger charge is 2.41. The molecule has 1 aliphatic rings. The van der Waals surface area contributed by atoms with Crippen molar-refractivity contribution in [1.82, 2.24) is 0 Å². The SMILES string of the molecule is COc1ccc(C2(C(=O)Nc3ccc(OCC(C)C)c(C)c3)CCCCC2)cc1. The fourth-order valence-corrected chi connectivity index (χ4v) is 4.11. The summed E-state index contributed by atoms with van der Waals surface area (Å²) in [5.74, 6) is 2.24. The Kier molecular flexibility index (Phi) is 6.83. The van der Waals surface area contributed by atoms with Gasteiger partial charge in [-0.2, -0.15) is 0 Å². The van der Waals surface area contributed by atoms with Crippen LogP contribution in [0.5, 0.6) is 11.5 Å². The Morgan fingerprint density at radius 2 is 1.76 bits per heavy atom. The second-order valence-corrected chi connectivity index (χ2v) is 8.51. The predicted molar refractivity (Wildman–Crippen MR) is 118 cm³/mol. The molecule has 0 spiro atoms. The maximum absolute atomic E-state index is 13.5. The average molecular weight is 396 g/mol. The highest BCUT2D eigenvalue weighted by atomic mass is 16.5. The van der Waals surface area contributed by atoms with Gasteiger partial charge in [-0.15, -0.1) is 0 Å². The molecule has 4 nitrogen and oxygen atoms in total. The molecule has 1 aliphatic carbocycles. The minimum Gasteiger partial charge on any atom is -0.497 e. The summed E-state index contributed by atoms with van der Waals surface area (Å²) in [6.45, 7) is 6.97. The van der Waals surface area contributed by atoms with Crippen LogP contribution in [0.25, 0.3) is 0 Å². The second-order valence-electron chi connectivity index (χ2n) is 8.51. The number of methoxy groups -OCH3 is 1. The maximum Gasteiger partial charge on any atom is 0.235 e. The number of nitrogens with one attached hydrogen (secondary N) is 1. The molecule has 0 atom stereocenters. The molecule has 0 radical (unpaired) electrons. The Balaban J connectivity index is 1.81. The van der Waals surface area contributed by atoms with Crippen LogP contribution < -0.4 is 14.8 Å². The molecular weight excluding hydrogens is 362 g/mol. The van der Waals surface area contributed by atoms with Gasteiger partial charge >= 0.3 is 0 Å². The number of carbonyl (C=O) groups is 1. The van der Waals surface area contributed by atoms with Crippen molar-refractivity contribution >= 4 is 11.6 Å². The largest absolute Gasteiger partial charge is 0.497 e. The Bertz CT molecular complexity index is 820. The van der Waals surface area contributed by atoms with Crippen LogP contribution in [0.2, 0.25) is 0 Å². The standard InChI is InChI=1S/C25H33NO3/c1-18(2)17-29-23-13-10-21(16-19(23)3)26-24(27)25(14-6-5-7-15-25)20-8-11-22(28-4)12-9-20/h8-13,16,18H,5-7,14-15,17H2,1-4H3,(H,26,27). The van der Waals surface area contributed by atoms with Crippen molar-refractivity contribution in [2.24, 2.45) is 5.92 Å². The minimum atomic E-state index is -0.481. The lowest BCUT2D eigenvalue weighted by Gasteiger charge is -2.36. The summed E-state index contributed by atoms with van der Waals surface area (Å²) in [5, 5.41) is 3.19. The molecule has 156 valence electrons. The van der Waals surface area contributed by atoms with Crippen LogP contribution in [0.15, 0.2) is 42.5 Å². The second kappa shape index (κ2) is 9.34. The minimum absolute atomic E-state index is 0.0811. The number of hydrogen-bond acceptors (Lipinski definition) is 3. The van der Waals surface area contributed by atoms with Gasteiger partial charge in [-0.05, 0) is 67.1 Å². The molecule has 1 N–H and O–H groups in total. The summed E-state index contributed by atoms with van der Waals surface area (Å²) in [6, 6.07) is 13.9. The summed E-state index contributed by atoms with van der Waals surface area (Å²) in [6.07, 6.45) is 5.08. The van der Waals surface area contributed by atoms with Crippen LogP contribution in [0.4, 0.5) is 5.69 Å². The van der Waals surface area contributed by atoms with E-state index in [2.05, 4.69) is 19.2 Å². The first-order valence-corrected chi connectivity index (χ1v) is 10.6. The topological polar surface area (TPSA) is 47.6 Å². The number of rotatable bonds is 7. The van der Waals surface area contributed by atoms with Gasteiger partial charge in [-0.25, -0.2) is 0 Å². The molecule has 0 aliphatic heterocycles. The van der Waals surface area contributed by atoms with Gasteiger partial charge < -0.3 is 14.8 Å². The van der Waals surface area contributed by atoms with Crippen LogP contribution in [-0.4, -0.2) is 19.6 Å². The van der Waals surface area contributed by atoms with Gasteiger partial charge in [0, 0.05) is 5.69 Å². The molecule has 4 heteroatoms. The number of carbonyl (C=O) groups excluding carboxylic acids is 1. The third-order valence-corrected chi connectivity index (χ3v) is 5.79. The zero-order chi connectivity index (χ0) is 20.9. The van der Waals surface area contributed by atoms with E-state index in [1.807, 2.05) is 49.4 Å². The van der Waals surface area contributed by atoms with E-state index in [0.717, 1.165) is 54.0 Å². The van der Waals surface area contributed by atoms with Gasteiger partial charge in [-0.1, -0.05) is 45.2 Å². The van der Waals surface area contributed by atoms with E-state index in [1.165, 1.54) is 6.42 Å². The van der Waals surface area contributed by atoms with Crippen molar-refractivity contribution in [2.45, 2.75) is 58.3 Å². The van der Waals surface area contributed by atoms with Gasteiger partial charge in [-0.3, -0.25) is 4.79 Å². The number of anilines is 1. The molecule has 1 saturated carbocycles. The first-order valence-electron chi connectivity index (χ1n) is 10.6. The zero-order valence-corrected chi connectivity index (χ0v) is 18.1. The van der Waals surface area contributed by atoms with Crippen LogP contribution in [0.1, 0.15) is 57.1 Å². The highest BCUT2D eigenvalue weighted by Crippen LogP contribution is 2.41. The monoisotopic (exact) mass is 395 g/mol. The van der Waals surface area contributed by atoms with Crippen molar-refractivity contribution in [3.05, 3.63) is 53.6 Å². The van der Waals surface area contributed by atoms with E-state index in [9.17, 15) is 4.79 Å². The van der Waals surface area contributed by atoms with Crippen molar-refractivity contribution in [2.75, 3.05) is 19.0 Å². The Morgan fingerprint density at radius 3 is 2.34 bits per heavy atom. The van der Waals surface area contributed by atoms with Gasteiger partial charge in [0.2, 0.25) is 5.91 Å². The molecule has 0 bridgehead atoms. The first-order chi connectivity index (χ1) is 13.9. The Labute approximate surface area is 174 Å². The Morgan fingerprint density at radius 1 is 1.07 bits per heavy atom. The predicted octanol–water partition coefficient (Wildman–Crippen LogP) is 5.88. The quantitative estimate of drug-likeness (QED) is 0.637. The van der Waals surface area contributed by atoms with Gasteiger partial charge in [0.1, 0.15) is 11.5 Å². The highest BCUT2D eigenvalue weighted by molar-refractivity contribution is 5.99. The van der Waals surface area contributed by atoms with Crippen molar-refractivity contribution in [1.29, 1.82) is 0 Å². The molecule has 2 aromatic rings. The Hall–Kier alpha value is -2.49. The van der Waals surface area contributed by atoms with E-state index in [0.29, 0.717) is 12.5 Å². The maximum atomic E-state index is 13.5. The number of ether oxygens (including phenoxy) is 2. The smallest absolute Gasteiger partial charge is 0.235 e. The lowest BCUT2D eigenvalue weighted by molar-refractivity contribution is -0.122. The summed E-state index contributed by atoms with van der Waals surface area (Å²) in [5.41, 5.74) is 2.45. The molecule has 1 amide bonds. The number of amides is 1. The summed E-state index contributed by atoms with van der Waals surface area (Å²) in [7, 11) is 1.66. The van der Waals surface area contributed by atoms with Crippen molar-refractivity contribution in [3.8, 4) is 11.5 Å². The molecular formula is C25H33NO3. The van der Waals surface area contributed by atoms with E-state index in [4.69, 9.17) is 9.47 Å². The van der Waals surface area contributed by atoms with E-state index < -0.39 is 5.41 Å². The summed E-state index contributed by atoms with van der Waals surface area (Å²) < 4.78 is 11.2. The lowest BCUT2D eigenvalue weighted by Crippen LogP contribution is -2.42. The number of aryl methyl sites for hydroxylation is 1. The van der Waals surface area contributed by atoms with Crippen LogP contribution in [0.3, 0.4) is 0 Å². The molecule has 3 rings (SSSR count). The fourth-order valence-electron chi connectivity index (χ4n) is 4.11. The van der Waals surface area contributed by atoms with Gasteiger partial charge in [0.25, 0.3) is 0 Å². The zero-order valence-electron chi connectivity index (χ0n) is 18.1. The van der Waals surface area contributed by atoms with E-state index >= 15 is 0 Å². The third kappa shape index (κ3) is 4.92. The molecule has 1 fully saturated rings. The van der Waals surface area contributed by atoms with E-state index in [1.54, 1.807) is 7.11 Å². The number of hydrogen-bond donors (Lipinski definition) is 1. The van der Waals surface area contributed by atoms with Crippen LogP contribution >= 0.6 is 0 Å². The number of benzene rings is 2. The van der Waals surface area contributed by atoms with Crippen molar-refractivity contribution in [3.63, 3.8) is 0 Å². The average Bonchev–Trinajstić information content (AvgIpc) is 2.73. The normalized spacial score (nSPS) is 15.8. The molecule has 0 aromatic heterocycles. The van der Waals surface area contributed by atoms with Crippen LogP contribution in [-0.2, 0) is 10.2 Å². The summed E-state index contributed by atoms with van der Waals surface area (Å²) >= 11 is 0. The van der Waals surface area contributed by atoms with Gasteiger partial charge in [0.15, 0.2) is 0 Å². The molecule has 0 saturated heterocycles. The van der Waals surface area contributed by atoms with E-state index in [-0.39, 0.29) is 5.91 Å². The van der Waals surface area contributed by atoms with Crippen LogP contribution in [0, 0.1) is 12.8 Å². The fraction of sp³-hybridized carbons (Fsp3) is 0.480. The molecule has 29 heavy (non-hydrogen) atoms. The molecule has 0 heterocycles. The lowest BCUT2D eigenvalue weighted by atomic mass is 9.68. The molecule has 2 aromatic carbocycles. The van der Waals surface area contributed by atoms with Crippen molar-refractivity contribution < 1.29 is 14.3 Å². The summed E-state index contributed by atoms with van der Waals surface area (Å²) in [4.78, 5) is 13.5. The molecule has 0 unspecified atom stereocenters. The van der Waals surface area contributed by atoms with Gasteiger partial charge in [0.05, 0.1) is 19.1 Å².